The van der Waals surface area contributed by atoms with Crippen LogP contribution in [-0.2, 0) is 9.53 Å². The molecule has 19 heavy (non-hydrogen) atoms. The molecule has 1 N–H and O–H groups in total. The van der Waals surface area contributed by atoms with Gasteiger partial charge in [0.1, 0.15) is 5.82 Å². The Bertz CT molecular complexity index is 467. The van der Waals surface area contributed by atoms with E-state index >= 15 is 0 Å². The summed E-state index contributed by atoms with van der Waals surface area (Å²) in [4.78, 5) is 10.7. The molecular weight excluding hydrogens is 266 g/mol. The van der Waals surface area contributed by atoms with Crippen LogP contribution in [0.2, 0.25) is 0 Å². The Morgan fingerprint density at radius 2 is 2.26 bits per heavy atom. The number of ether oxygens (including phenoxy) is 1. The van der Waals surface area contributed by atoms with Crippen LogP contribution in [0.5, 0.6) is 0 Å². The van der Waals surface area contributed by atoms with Gasteiger partial charge in [-0.15, -0.1) is 10.2 Å². The zero-order valence-electron chi connectivity index (χ0n) is 10.6. The molecule has 0 radical (unpaired) electrons. The van der Waals surface area contributed by atoms with Gasteiger partial charge in [0.05, 0.1) is 18.4 Å². The van der Waals surface area contributed by atoms with Crippen molar-refractivity contribution in [1.29, 1.82) is 0 Å². The van der Waals surface area contributed by atoms with Crippen LogP contribution in [0, 0.1) is 0 Å². The number of nitrogens with zero attached hydrogens (tertiary/aromatic N) is 3. The predicted molar refractivity (Wildman–Crippen MR) is 69.4 cm³/mol. The minimum atomic E-state index is -0.826. The molecule has 0 bridgehead atoms. The van der Waals surface area contributed by atoms with Gasteiger partial charge in [0, 0.05) is 12.5 Å². The number of aliphatic carboxylic acids is 1. The van der Waals surface area contributed by atoms with Gasteiger partial charge in [0.15, 0.2) is 5.16 Å². The highest BCUT2D eigenvalue weighted by molar-refractivity contribution is 7.99. The third kappa shape index (κ3) is 2.92. The minimum Gasteiger partial charge on any atom is -0.481 e. The average molecular weight is 283 g/mol. The van der Waals surface area contributed by atoms with Crippen LogP contribution >= 0.6 is 11.8 Å². The lowest BCUT2D eigenvalue weighted by Gasteiger charge is -2.25. The Morgan fingerprint density at radius 1 is 1.42 bits per heavy atom. The summed E-state index contributed by atoms with van der Waals surface area (Å²) in [5.41, 5.74) is 0. The first-order valence-corrected chi connectivity index (χ1v) is 7.61. The van der Waals surface area contributed by atoms with Crippen molar-refractivity contribution in [3.8, 4) is 0 Å². The minimum absolute atomic E-state index is 0.0242. The standard InChI is InChI=1S/C12H17N3O3S/c16-10(17)7-19-12-14-13-11(8-3-4-8)15(12)9-2-1-5-18-6-9/h8-9H,1-7H2,(H,16,17). The van der Waals surface area contributed by atoms with Crippen molar-refractivity contribution >= 4 is 17.7 Å². The third-order valence-electron chi connectivity index (χ3n) is 3.46. The summed E-state index contributed by atoms with van der Waals surface area (Å²) < 4.78 is 7.67. The van der Waals surface area contributed by atoms with Gasteiger partial charge >= 0.3 is 5.97 Å². The van der Waals surface area contributed by atoms with Crippen molar-refractivity contribution < 1.29 is 14.6 Å². The fourth-order valence-electron chi connectivity index (χ4n) is 2.40. The molecule has 1 aliphatic carbocycles. The largest absolute Gasteiger partial charge is 0.481 e. The van der Waals surface area contributed by atoms with Gasteiger partial charge in [-0.3, -0.25) is 4.79 Å². The van der Waals surface area contributed by atoms with Crippen molar-refractivity contribution in [2.24, 2.45) is 0 Å². The molecule has 1 aromatic heterocycles. The first-order chi connectivity index (χ1) is 9.25. The summed E-state index contributed by atoms with van der Waals surface area (Å²) >= 11 is 1.25. The van der Waals surface area contributed by atoms with Gasteiger partial charge < -0.3 is 14.4 Å². The molecule has 1 saturated carbocycles. The summed E-state index contributed by atoms with van der Waals surface area (Å²) in [5.74, 6) is 0.723. The predicted octanol–water partition coefficient (Wildman–Crippen LogP) is 1.68. The Hall–Kier alpha value is -1.08. The monoisotopic (exact) mass is 283 g/mol. The molecule has 0 aromatic carbocycles. The van der Waals surface area contributed by atoms with E-state index < -0.39 is 5.97 Å². The van der Waals surface area contributed by atoms with Crippen molar-refractivity contribution in [3.63, 3.8) is 0 Å². The molecule has 1 unspecified atom stereocenters. The molecule has 1 saturated heterocycles. The maximum Gasteiger partial charge on any atom is 0.313 e. The third-order valence-corrected chi connectivity index (χ3v) is 4.39. The van der Waals surface area contributed by atoms with Crippen LogP contribution in [-0.4, -0.2) is 44.8 Å². The van der Waals surface area contributed by atoms with E-state index in [4.69, 9.17) is 9.84 Å². The topological polar surface area (TPSA) is 77.2 Å². The second-order valence-electron chi connectivity index (χ2n) is 5.04. The molecular formula is C12H17N3O3S. The fourth-order valence-corrected chi connectivity index (χ4v) is 3.14. The lowest BCUT2D eigenvalue weighted by Crippen LogP contribution is -2.23. The summed E-state index contributed by atoms with van der Waals surface area (Å²) in [6.07, 6.45) is 4.42. The molecule has 1 atom stereocenters. The number of aromatic nitrogens is 3. The van der Waals surface area contributed by atoms with Crippen molar-refractivity contribution in [1.82, 2.24) is 14.8 Å². The number of hydrogen-bond acceptors (Lipinski definition) is 5. The van der Waals surface area contributed by atoms with Crippen LogP contribution < -0.4 is 0 Å². The van der Waals surface area contributed by atoms with Crippen LogP contribution in [0.25, 0.3) is 0 Å². The molecule has 2 heterocycles. The normalized spacial score (nSPS) is 23.5. The summed E-state index contributed by atoms with van der Waals surface area (Å²) in [6.45, 7) is 1.49. The van der Waals surface area contributed by atoms with Gasteiger partial charge in [-0.05, 0) is 25.7 Å². The Balaban J connectivity index is 1.83. The molecule has 1 aromatic rings. The molecule has 1 aliphatic heterocycles. The van der Waals surface area contributed by atoms with E-state index in [9.17, 15) is 4.79 Å². The summed E-state index contributed by atoms with van der Waals surface area (Å²) in [6, 6.07) is 0.260. The molecule has 6 nitrogen and oxygen atoms in total. The maximum absolute atomic E-state index is 10.7. The smallest absolute Gasteiger partial charge is 0.313 e. The van der Waals surface area contributed by atoms with Gasteiger partial charge in [-0.25, -0.2) is 0 Å². The van der Waals surface area contributed by atoms with Crippen LogP contribution in [0.3, 0.4) is 0 Å². The van der Waals surface area contributed by atoms with Crippen LogP contribution in [0.15, 0.2) is 5.16 Å². The molecule has 2 aliphatic rings. The zero-order chi connectivity index (χ0) is 13.2. The van der Waals surface area contributed by atoms with Gasteiger partial charge in [-0.1, -0.05) is 11.8 Å². The van der Waals surface area contributed by atoms with E-state index in [-0.39, 0.29) is 11.8 Å². The number of carboxylic acid groups (broad SMARTS) is 1. The molecule has 3 rings (SSSR count). The first-order valence-electron chi connectivity index (χ1n) is 6.63. The number of carboxylic acids is 1. The lowest BCUT2D eigenvalue weighted by atomic mass is 10.1. The Kier molecular flexibility index (Phi) is 3.74. The number of thioether (sulfide) groups is 1. The Labute approximate surface area is 115 Å². The van der Waals surface area contributed by atoms with E-state index in [0.29, 0.717) is 12.5 Å². The van der Waals surface area contributed by atoms with E-state index in [1.54, 1.807) is 0 Å². The summed E-state index contributed by atoms with van der Waals surface area (Å²) in [7, 11) is 0. The molecule has 2 fully saturated rings. The van der Waals surface area contributed by atoms with Gasteiger partial charge in [-0.2, -0.15) is 0 Å². The van der Waals surface area contributed by atoms with Crippen LogP contribution in [0.4, 0.5) is 0 Å². The highest BCUT2D eigenvalue weighted by Crippen LogP contribution is 2.42. The highest BCUT2D eigenvalue weighted by Gasteiger charge is 2.33. The van der Waals surface area contributed by atoms with Crippen molar-refractivity contribution in [2.45, 2.75) is 42.8 Å². The Morgan fingerprint density at radius 3 is 2.89 bits per heavy atom. The van der Waals surface area contributed by atoms with Crippen molar-refractivity contribution in [2.75, 3.05) is 19.0 Å². The maximum atomic E-state index is 10.7. The van der Waals surface area contributed by atoms with Gasteiger partial charge in [0.2, 0.25) is 0 Å². The van der Waals surface area contributed by atoms with Gasteiger partial charge in [0.25, 0.3) is 0 Å². The second-order valence-corrected chi connectivity index (χ2v) is 5.98. The van der Waals surface area contributed by atoms with Crippen LogP contribution in [0.1, 0.15) is 43.5 Å². The first kappa shape index (κ1) is 12.9. The number of carbonyl (C=O) groups is 1. The average Bonchev–Trinajstić information content (AvgIpc) is 3.17. The van der Waals surface area contributed by atoms with E-state index in [0.717, 1.165) is 43.3 Å². The molecule has 0 spiro atoms. The summed E-state index contributed by atoms with van der Waals surface area (Å²) in [5, 5.41) is 18.0. The lowest BCUT2D eigenvalue weighted by molar-refractivity contribution is -0.133. The number of hydrogen-bond donors (Lipinski definition) is 1. The molecule has 104 valence electrons. The number of rotatable bonds is 5. The van der Waals surface area contributed by atoms with E-state index in [1.807, 2.05) is 0 Å². The second kappa shape index (κ2) is 5.50. The van der Waals surface area contributed by atoms with E-state index in [1.165, 1.54) is 11.8 Å². The van der Waals surface area contributed by atoms with E-state index in [2.05, 4.69) is 14.8 Å². The highest BCUT2D eigenvalue weighted by atomic mass is 32.2. The zero-order valence-corrected chi connectivity index (χ0v) is 11.4. The fraction of sp³-hybridized carbons (Fsp3) is 0.750. The quantitative estimate of drug-likeness (QED) is 0.829. The SMILES string of the molecule is O=C(O)CSc1nnc(C2CC2)n1C1CCCOC1. The molecule has 0 amide bonds. The molecule has 7 heteroatoms. The van der Waals surface area contributed by atoms with Crippen molar-refractivity contribution in [3.05, 3.63) is 5.82 Å².